The normalized spacial score (nSPS) is 12.4. The van der Waals surface area contributed by atoms with Crippen molar-refractivity contribution in [3.05, 3.63) is 30.0 Å². The molecule has 0 saturated heterocycles. The zero-order chi connectivity index (χ0) is 13.1. The lowest BCUT2D eigenvalue weighted by Crippen LogP contribution is -2.16. The number of aromatic amines is 1. The van der Waals surface area contributed by atoms with Crippen molar-refractivity contribution in [1.82, 2.24) is 4.98 Å². The number of aliphatic hydroxyl groups is 1. The zero-order valence-electron chi connectivity index (χ0n) is 10.3. The highest BCUT2D eigenvalue weighted by molar-refractivity contribution is 5.91. The molecule has 1 aromatic carbocycles. The third kappa shape index (κ3) is 2.04. The number of nitrogens with one attached hydrogen (secondary N) is 1. The van der Waals surface area contributed by atoms with Gasteiger partial charge in [0.25, 0.3) is 0 Å². The number of ether oxygens (including phenoxy) is 2. The molecule has 0 bridgehead atoms. The van der Waals surface area contributed by atoms with Gasteiger partial charge in [-0.25, -0.2) is 4.79 Å². The summed E-state index contributed by atoms with van der Waals surface area (Å²) in [7, 11) is 1.50. The smallest absolute Gasteiger partial charge is 0.339 e. The van der Waals surface area contributed by atoms with Gasteiger partial charge in [0.05, 0.1) is 13.7 Å². The van der Waals surface area contributed by atoms with Crippen LogP contribution in [0, 0.1) is 0 Å². The maximum absolute atomic E-state index is 11.6. The van der Waals surface area contributed by atoms with E-state index in [2.05, 4.69) is 4.98 Å². The Bertz CT molecular complexity index is 561. The molecule has 0 aliphatic rings. The average Bonchev–Trinajstić information content (AvgIpc) is 2.85. The fourth-order valence-electron chi connectivity index (χ4n) is 1.94. The number of hydrogen-bond donors (Lipinski definition) is 2. The van der Waals surface area contributed by atoms with E-state index in [0.717, 1.165) is 10.9 Å². The Morgan fingerprint density at radius 3 is 2.89 bits per heavy atom. The van der Waals surface area contributed by atoms with Crippen LogP contribution in [-0.4, -0.2) is 29.8 Å². The Hall–Kier alpha value is -2.01. The second kappa shape index (κ2) is 5.10. The van der Waals surface area contributed by atoms with E-state index in [9.17, 15) is 9.90 Å². The fraction of sp³-hybridized carbons (Fsp3) is 0.308. The molecule has 5 nitrogen and oxygen atoms in total. The van der Waals surface area contributed by atoms with E-state index in [-0.39, 0.29) is 6.61 Å². The summed E-state index contributed by atoms with van der Waals surface area (Å²) in [6.07, 6.45) is 0.394. The Kier molecular flexibility index (Phi) is 3.53. The predicted molar refractivity (Wildman–Crippen MR) is 66.4 cm³/mol. The van der Waals surface area contributed by atoms with E-state index in [0.29, 0.717) is 11.3 Å². The van der Waals surface area contributed by atoms with Crippen molar-refractivity contribution in [2.24, 2.45) is 0 Å². The minimum atomic E-state index is -1.35. The summed E-state index contributed by atoms with van der Waals surface area (Å²) < 4.78 is 10.0. The summed E-state index contributed by atoms with van der Waals surface area (Å²) in [5.74, 6) is -0.216. The maximum atomic E-state index is 11.6. The van der Waals surface area contributed by atoms with Crippen LogP contribution in [0.2, 0.25) is 0 Å². The molecule has 2 N–H and O–H groups in total. The molecule has 1 heterocycles. The van der Waals surface area contributed by atoms with Crippen molar-refractivity contribution in [3.63, 3.8) is 0 Å². The van der Waals surface area contributed by atoms with Gasteiger partial charge < -0.3 is 19.6 Å². The van der Waals surface area contributed by atoms with Crippen molar-refractivity contribution in [2.75, 3.05) is 13.7 Å². The molecule has 0 aliphatic carbocycles. The van der Waals surface area contributed by atoms with Crippen LogP contribution in [0.3, 0.4) is 0 Å². The number of hydrogen-bond acceptors (Lipinski definition) is 4. The summed E-state index contributed by atoms with van der Waals surface area (Å²) in [5, 5.41) is 10.8. The number of aromatic nitrogens is 1. The lowest BCUT2D eigenvalue weighted by molar-refractivity contribution is -0.153. The van der Waals surface area contributed by atoms with Crippen molar-refractivity contribution in [3.8, 4) is 5.75 Å². The van der Waals surface area contributed by atoms with Crippen molar-refractivity contribution >= 4 is 16.9 Å². The van der Waals surface area contributed by atoms with Crippen LogP contribution >= 0.6 is 0 Å². The van der Waals surface area contributed by atoms with Crippen molar-refractivity contribution in [1.29, 1.82) is 0 Å². The lowest BCUT2D eigenvalue weighted by Gasteiger charge is -2.14. The molecule has 1 aromatic heterocycles. The number of rotatable bonds is 4. The summed E-state index contributed by atoms with van der Waals surface area (Å²) >= 11 is 0. The van der Waals surface area contributed by atoms with Gasteiger partial charge in [0, 0.05) is 22.7 Å². The predicted octanol–water partition coefficient (Wildman–Crippen LogP) is 1.77. The molecule has 0 spiro atoms. The quantitative estimate of drug-likeness (QED) is 0.810. The number of methoxy groups -OCH3 is 1. The molecule has 18 heavy (non-hydrogen) atoms. The van der Waals surface area contributed by atoms with E-state index in [1.807, 2.05) is 6.07 Å². The number of carbonyl (C=O) groups is 1. The highest BCUT2D eigenvalue weighted by Gasteiger charge is 2.25. The van der Waals surface area contributed by atoms with Crippen molar-refractivity contribution < 1.29 is 19.4 Å². The first-order valence-electron chi connectivity index (χ1n) is 5.67. The summed E-state index contributed by atoms with van der Waals surface area (Å²) in [4.78, 5) is 14.7. The molecule has 2 rings (SSSR count). The van der Waals surface area contributed by atoms with E-state index in [1.54, 1.807) is 25.3 Å². The number of fused-ring (bicyclic) bond motifs is 1. The lowest BCUT2D eigenvalue weighted by atomic mass is 10.0. The Morgan fingerprint density at radius 1 is 1.44 bits per heavy atom. The molecule has 0 fully saturated rings. The number of carbonyl (C=O) groups excluding carboxylic acids is 1. The monoisotopic (exact) mass is 249 g/mol. The molecule has 0 radical (unpaired) electrons. The fourth-order valence-corrected chi connectivity index (χ4v) is 1.94. The molecular weight excluding hydrogens is 234 g/mol. The molecule has 2 aromatic rings. The van der Waals surface area contributed by atoms with E-state index in [4.69, 9.17) is 9.47 Å². The highest BCUT2D eigenvalue weighted by atomic mass is 16.5. The van der Waals surface area contributed by atoms with Gasteiger partial charge in [-0.05, 0) is 25.1 Å². The summed E-state index contributed by atoms with van der Waals surface area (Å²) in [6, 6.07) is 5.32. The highest BCUT2D eigenvalue weighted by Crippen LogP contribution is 2.33. The average molecular weight is 249 g/mol. The number of benzene rings is 1. The molecule has 1 unspecified atom stereocenters. The minimum absolute atomic E-state index is 0.224. The van der Waals surface area contributed by atoms with Crippen molar-refractivity contribution in [2.45, 2.75) is 13.0 Å². The maximum Gasteiger partial charge on any atom is 0.339 e. The molecule has 0 amide bonds. The van der Waals surface area contributed by atoms with Crippen LogP contribution in [0.15, 0.2) is 24.4 Å². The van der Waals surface area contributed by atoms with Gasteiger partial charge in [0.1, 0.15) is 5.75 Å². The van der Waals surface area contributed by atoms with E-state index in [1.165, 1.54) is 7.11 Å². The minimum Gasteiger partial charge on any atom is -0.496 e. The van der Waals surface area contributed by atoms with Crippen LogP contribution in [0.1, 0.15) is 18.6 Å². The number of aliphatic hydroxyl groups excluding tert-OH is 1. The van der Waals surface area contributed by atoms with Crippen LogP contribution in [0.4, 0.5) is 0 Å². The van der Waals surface area contributed by atoms with Crippen LogP contribution < -0.4 is 4.74 Å². The van der Waals surface area contributed by atoms with Gasteiger partial charge in [-0.3, -0.25) is 0 Å². The van der Waals surface area contributed by atoms with Gasteiger partial charge in [-0.2, -0.15) is 0 Å². The first-order valence-corrected chi connectivity index (χ1v) is 5.67. The van der Waals surface area contributed by atoms with Gasteiger partial charge in [0.2, 0.25) is 0 Å². The van der Waals surface area contributed by atoms with Gasteiger partial charge in [0.15, 0.2) is 6.10 Å². The standard InChI is InChI=1S/C13H15NO4/c1-3-18-13(16)12(15)11-8-6-7-14-9(8)4-5-10(11)17-2/h4-7,12,14-15H,3H2,1-2H3. The summed E-state index contributed by atoms with van der Waals surface area (Å²) in [6.45, 7) is 1.92. The molecular formula is C13H15NO4. The Labute approximate surface area is 104 Å². The first-order chi connectivity index (χ1) is 8.69. The largest absolute Gasteiger partial charge is 0.496 e. The second-order valence-electron chi connectivity index (χ2n) is 3.77. The SMILES string of the molecule is CCOC(=O)C(O)c1c(OC)ccc2[nH]ccc12. The van der Waals surface area contributed by atoms with Gasteiger partial charge in [-0.1, -0.05) is 0 Å². The number of esters is 1. The molecule has 0 saturated carbocycles. The van der Waals surface area contributed by atoms with Gasteiger partial charge >= 0.3 is 5.97 Å². The van der Waals surface area contributed by atoms with E-state index >= 15 is 0 Å². The topological polar surface area (TPSA) is 71.6 Å². The third-order valence-corrected chi connectivity index (χ3v) is 2.74. The molecule has 5 heteroatoms. The Morgan fingerprint density at radius 2 is 2.22 bits per heavy atom. The zero-order valence-corrected chi connectivity index (χ0v) is 10.3. The molecule has 0 aliphatic heterocycles. The van der Waals surface area contributed by atoms with Gasteiger partial charge in [-0.15, -0.1) is 0 Å². The second-order valence-corrected chi connectivity index (χ2v) is 3.77. The van der Waals surface area contributed by atoms with Crippen LogP contribution in [0.5, 0.6) is 5.75 Å². The first kappa shape index (κ1) is 12.4. The summed E-state index contributed by atoms with van der Waals surface area (Å²) in [5.41, 5.74) is 1.25. The number of H-pyrrole nitrogens is 1. The van der Waals surface area contributed by atoms with Crippen LogP contribution in [-0.2, 0) is 9.53 Å². The molecule has 1 atom stereocenters. The molecule has 96 valence electrons. The third-order valence-electron chi connectivity index (χ3n) is 2.74. The van der Waals surface area contributed by atoms with E-state index < -0.39 is 12.1 Å². The van der Waals surface area contributed by atoms with Crippen LogP contribution in [0.25, 0.3) is 10.9 Å². The Balaban J connectivity index is 2.52.